The first-order valence-electron chi connectivity index (χ1n) is 5.73. The standard InChI is InChI=1S/C11H10N6O2S/c1-16-6-12-15-11(16)20-5-10-13-8-3-2-7(17(18)19)4-9(8)14-10/h2-4,6H,5H2,1H3,(H,13,14). The molecule has 20 heavy (non-hydrogen) atoms. The van der Waals surface area contributed by atoms with Crippen LogP contribution in [-0.2, 0) is 12.8 Å². The van der Waals surface area contributed by atoms with Crippen LogP contribution in [0.15, 0.2) is 29.7 Å². The zero-order valence-corrected chi connectivity index (χ0v) is 11.3. The number of aromatic nitrogens is 5. The summed E-state index contributed by atoms with van der Waals surface area (Å²) in [6, 6.07) is 4.57. The lowest BCUT2D eigenvalue weighted by molar-refractivity contribution is -0.384. The second kappa shape index (κ2) is 4.93. The fraction of sp³-hybridized carbons (Fsp3) is 0.182. The number of aryl methyl sites for hydroxylation is 1. The van der Waals surface area contributed by atoms with Crippen LogP contribution in [-0.4, -0.2) is 29.7 Å². The lowest BCUT2D eigenvalue weighted by Crippen LogP contribution is -1.90. The van der Waals surface area contributed by atoms with E-state index in [2.05, 4.69) is 20.2 Å². The molecule has 0 amide bonds. The number of nitrogens with zero attached hydrogens (tertiary/aromatic N) is 5. The lowest BCUT2D eigenvalue weighted by atomic mass is 10.3. The second-order valence-electron chi connectivity index (χ2n) is 4.16. The molecule has 0 bridgehead atoms. The van der Waals surface area contributed by atoms with Gasteiger partial charge in [0.1, 0.15) is 12.2 Å². The SMILES string of the molecule is Cn1cnnc1SCc1nc2ccc([N+](=O)[O-])cc2[nH]1. The van der Waals surface area contributed by atoms with Crippen molar-refractivity contribution in [1.82, 2.24) is 24.7 Å². The van der Waals surface area contributed by atoms with Crippen LogP contribution in [0.1, 0.15) is 5.82 Å². The molecule has 0 spiro atoms. The van der Waals surface area contributed by atoms with Crippen molar-refractivity contribution in [1.29, 1.82) is 0 Å². The average Bonchev–Trinajstić information content (AvgIpc) is 3.00. The summed E-state index contributed by atoms with van der Waals surface area (Å²) in [4.78, 5) is 17.8. The highest BCUT2D eigenvalue weighted by Gasteiger charge is 2.10. The Bertz CT molecular complexity index is 780. The third-order valence-electron chi connectivity index (χ3n) is 2.73. The largest absolute Gasteiger partial charge is 0.341 e. The van der Waals surface area contributed by atoms with E-state index in [1.807, 2.05) is 11.6 Å². The number of imidazole rings is 1. The summed E-state index contributed by atoms with van der Waals surface area (Å²) in [5.74, 6) is 1.34. The zero-order valence-electron chi connectivity index (χ0n) is 10.5. The summed E-state index contributed by atoms with van der Waals surface area (Å²) < 4.78 is 1.82. The molecule has 1 aromatic carbocycles. The number of nitro benzene ring substituents is 1. The van der Waals surface area contributed by atoms with Gasteiger partial charge in [-0.25, -0.2) is 4.98 Å². The summed E-state index contributed by atoms with van der Waals surface area (Å²) in [7, 11) is 1.87. The van der Waals surface area contributed by atoms with Crippen molar-refractivity contribution in [3.05, 3.63) is 40.5 Å². The molecular weight excluding hydrogens is 280 g/mol. The number of H-pyrrole nitrogens is 1. The summed E-state index contributed by atoms with van der Waals surface area (Å²) in [6.07, 6.45) is 1.63. The minimum absolute atomic E-state index is 0.0497. The number of benzene rings is 1. The van der Waals surface area contributed by atoms with Gasteiger partial charge in [-0.15, -0.1) is 10.2 Å². The predicted molar refractivity (Wildman–Crippen MR) is 73.3 cm³/mol. The Labute approximate surface area is 117 Å². The topological polar surface area (TPSA) is 103 Å². The van der Waals surface area contributed by atoms with Crippen LogP contribution in [0.2, 0.25) is 0 Å². The number of non-ortho nitro benzene ring substituents is 1. The molecule has 0 saturated heterocycles. The van der Waals surface area contributed by atoms with Gasteiger partial charge < -0.3 is 9.55 Å². The number of rotatable bonds is 4. The van der Waals surface area contributed by atoms with E-state index in [0.29, 0.717) is 16.8 Å². The van der Waals surface area contributed by atoms with Crippen LogP contribution in [0, 0.1) is 10.1 Å². The van der Waals surface area contributed by atoms with Gasteiger partial charge in [-0.2, -0.15) is 0 Å². The van der Waals surface area contributed by atoms with Gasteiger partial charge in [0.25, 0.3) is 5.69 Å². The molecule has 1 N–H and O–H groups in total. The Morgan fingerprint density at radius 1 is 1.50 bits per heavy atom. The molecule has 2 aromatic heterocycles. The quantitative estimate of drug-likeness (QED) is 0.447. The van der Waals surface area contributed by atoms with Crippen LogP contribution in [0.25, 0.3) is 11.0 Å². The number of nitrogens with one attached hydrogen (secondary N) is 1. The van der Waals surface area contributed by atoms with Crippen LogP contribution < -0.4 is 0 Å². The Balaban J connectivity index is 1.82. The number of hydrogen-bond acceptors (Lipinski definition) is 6. The second-order valence-corrected chi connectivity index (χ2v) is 5.10. The molecule has 9 heteroatoms. The van der Waals surface area contributed by atoms with Crippen molar-refractivity contribution in [3.63, 3.8) is 0 Å². The zero-order chi connectivity index (χ0) is 14.1. The third kappa shape index (κ3) is 2.35. The first-order chi connectivity index (χ1) is 9.63. The maximum atomic E-state index is 10.7. The van der Waals surface area contributed by atoms with E-state index in [1.165, 1.54) is 23.9 Å². The van der Waals surface area contributed by atoms with E-state index >= 15 is 0 Å². The number of hydrogen-bond donors (Lipinski definition) is 1. The summed E-state index contributed by atoms with van der Waals surface area (Å²) in [6.45, 7) is 0. The molecule has 0 aliphatic carbocycles. The Morgan fingerprint density at radius 3 is 3.05 bits per heavy atom. The number of aromatic amines is 1. The Kier molecular flexibility index (Phi) is 3.11. The molecule has 0 radical (unpaired) electrons. The van der Waals surface area contributed by atoms with Crippen LogP contribution >= 0.6 is 11.8 Å². The molecule has 0 aliphatic heterocycles. The summed E-state index contributed by atoms with van der Waals surface area (Å²) >= 11 is 1.49. The highest BCUT2D eigenvalue weighted by Crippen LogP contribution is 2.22. The van der Waals surface area contributed by atoms with Crippen molar-refractivity contribution in [2.75, 3.05) is 0 Å². The molecule has 3 aromatic rings. The van der Waals surface area contributed by atoms with E-state index in [0.717, 1.165) is 11.0 Å². The van der Waals surface area contributed by atoms with Crippen molar-refractivity contribution < 1.29 is 4.92 Å². The van der Waals surface area contributed by atoms with Gasteiger partial charge in [-0.1, -0.05) is 11.8 Å². The molecule has 3 rings (SSSR count). The van der Waals surface area contributed by atoms with Gasteiger partial charge in [0.15, 0.2) is 5.16 Å². The third-order valence-corrected chi connectivity index (χ3v) is 3.78. The Morgan fingerprint density at radius 2 is 2.35 bits per heavy atom. The Hall–Kier alpha value is -2.42. The van der Waals surface area contributed by atoms with Crippen molar-refractivity contribution in [2.45, 2.75) is 10.9 Å². The van der Waals surface area contributed by atoms with Crippen LogP contribution in [0.5, 0.6) is 0 Å². The van der Waals surface area contributed by atoms with Crippen molar-refractivity contribution in [3.8, 4) is 0 Å². The maximum Gasteiger partial charge on any atom is 0.271 e. The molecule has 0 aliphatic rings. The molecule has 0 saturated carbocycles. The molecule has 0 atom stereocenters. The van der Waals surface area contributed by atoms with Gasteiger partial charge in [0.2, 0.25) is 0 Å². The van der Waals surface area contributed by atoms with Crippen molar-refractivity contribution in [2.24, 2.45) is 7.05 Å². The normalized spacial score (nSPS) is 11.1. The summed E-state index contributed by atoms with van der Waals surface area (Å²) in [5.41, 5.74) is 1.42. The summed E-state index contributed by atoms with van der Waals surface area (Å²) in [5, 5.41) is 19.3. The molecule has 8 nitrogen and oxygen atoms in total. The molecule has 0 unspecified atom stereocenters. The number of fused-ring (bicyclic) bond motifs is 1. The fourth-order valence-electron chi connectivity index (χ4n) is 1.77. The average molecular weight is 290 g/mol. The smallest absolute Gasteiger partial charge is 0.271 e. The highest BCUT2D eigenvalue weighted by atomic mass is 32.2. The minimum Gasteiger partial charge on any atom is -0.341 e. The number of nitro groups is 1. The predicted octanol–water partition coefficient (Wildman–Crippen LogP) is 1.89. The van der Waals surface area contributed by atoms with Gasteiger partial charge >= 0.3 is 0 Å². The van der Waals surface area contributed by atoms with Gasteiger partial charge in [0.05, 0.1) is 21.7 Å². The monoisotopic (exact) mass is 290 g/mol. The maximum absolute atomic E-state index is 10.7. The number of thioether (sulfide) groups is 1. The van der Waals surface area contributed by atoms with E-state index < -0.39 is 4.92 Å². The van der Waals surface area contributed by atoms with Crippen LogP contribution in [0.3, 0.4) is 0 Å². The first kappa shape index (κ1) is 12.6. The van der Waals surface area contributed by atoms with E-state index in [-0.39, 0.29) is 5.69 Å². The minimum atomic E-state index is -0.422. The van der Waals surface area contributed by atoms with E-state index in [9.17, 15) is 10.1 Å². The van der Waals surface area contributed by atoms with E-state index in [4.69, 9.17) is 0 Å². The fourth-order valence-corrected chi connectivity index (χ4v) is 2.53. The molecule has 0 fully saturated rings. The molecule has 2 heterocycles. The van der Waals surface area contributed by atoms with Gasteiger partial charge in [-0.05, 0) is 6.07 Å². The van der Waals surface area contributed by atoms with Gasteiger partial charge in [0, 0.05) is 19.2 Å². The van der Waals surface area contributed by atoms with E-state index in [1.54, 1.807) is 12.4 Å². The first-order valence-corrected chi connectivity index (χ1v) is 6.72. The molecular formula is C11H10N6O2S. The van der Waals surface area contributed by atoms with Crippen LogP contribution in [0.4, 0.5) is 5.69 Å². The van der Waals surface area contributed by atoms with Gasteiger partial charge in [-0.3, -0.25) is 10.1 Å². The highest BCUT2D eigenvalue weighted by molar-refractivity contribution is 7.98. The molecule has 102 valence electrons. The van der Waals surface area contributed by atoms with Crippen molar-refractivity contribution >= 4 is 28.5 Å². The lowest BCUT2D eigenvalue weighted by Gasteiger charge is -1.96.